The SMILES string of the molecule is CCc1ccccc1NC(=O)CCN1CCC[C@@H](OCc2ccccn2)C1. The molecule has 1 amide bonds. The van der Waals surface area contributed by atoms with E-state index < -0.39 is 0 Å². The van der Waals surface area contributed by atoms with Gasteiger partial charge in [-0.15, -0.1) is 0 Å². The minimum Gasteiger partial charge on any atom is -0.371 e. The number of anilines is 1. The topological polar surface area (TPSA) is 54.5 Å². The first-order valence-electron chi connectivity index (χ1n) is 9.86. The van der Waals surface area contributed by atoms with Crippen molar-refractivity contribution in [2.24, 2.45) is 0 Å². The van der Waals surface area contributed by atoms with Gasteiger partial charge in [-0.3, -0.25) is 9.78 Å². The van der Waals surface area contributed by atoms with Crippen molar-refractivity contribution in [1.82, 2.24) is 9.88 Å². The molecular weight excluding hydrogens is 338 g/mol. The van der Waals surface area contributed by atoms with Crippen LogP contribution in [0.1, 0.15) is 37.4 Å². The van der Waals surface area contributed by atoms with E-state index in [-0.39, 0.29) is 12.0 Å². The van der Waals surface area contributed by atoms with Gasteiger partial charge in [0.05, 0.1) is 18.4 Å². The number of amides is 1. The van der Waals surface area contributed by atoms with Crippen LogP contribution < -0.4 is 5.32 Å². The number of piperidine rings is 1. The summed E-state index contributed by atoms with van der Waals surface area (Å²) in [7, 11) is 0. The van der Waals surface area contributed by atoms with E-state index in [4.69, 9.17) is 4.74 Å². The van der Waals surface area contributed by atoms with Crippen LogP contribution in [0.5, 0.6) is 0 Å². The van der Waals surface area contributed by atoms with Crippen LogP contribution in [0, 0.1) is 0 Å². The maximum atomic E-state index is 12.3. The van der Waals surface area contributed by atoms with Gasteiger partial charge in [0.15, 0.2) is 0 Å². The number of hydrogen-bond donors (Lipinski definition) is 1. The summed E-state index contributed by atoms with van der Waals surface area (Å²) >= 11 is 0. The highest BCUT2D eigenvalue weighted by Crippen LogP contribution is 2.17. The van der Waals surface area contributed by atoms with E-state index in [0.717, 1.165) is 50.3 Å². The number of hydrogen-bond acceptors (Lipinski definition) is 4. The zero-order valence-corrected chi connectivity index (χ0v) is 16.1. The molecule has 5 heteroatoms. The van der Waals surface area contributed by atoms with Crippen LogP contribution >= 0.6 is 0 Å². The lowest BCUT2D eigenvalue weighted by Crippen LogP contribution is -2.40. The number of ether oxygens (including phenoxy) is 1. The molecule has 0 aliphatic carbocycles. The van der Waals surface area contributed by atoms with Gasteiger partial charge in [-0.2, -0.15) is 0 Å². The van der Waals surface area contributed by atoms with Crippen LogP contribution in [0.4, 0.5) is 5.69 Å². The Morgan fingerprint density at radius 2 is 2.11 bits per heavy atom. The van der Waals surface area contributed by atoms with Crippen LogP contribution in [0.15, 0.2) is 48.7 Å². The Balaban J connectivity index is 1.41. The molecule has 1 saturated heterocycles. The normalized spacial score (nSPS) is 17.6. The number of nitrogens with zero attached hydrogens (tertiary/aromatic N) is 2. The van der Waals surface area contributed by atoms with Gasteiger partial charge in [-0.1, -0.05) is 31.2 Å². The van der Waals surface area contributed by atoms with Crippen LogP contribution in [0.2, 0.25) is 0 Å². The summed E-state index contributed by atoms with van der Waals surface area (Å²) in [5.74, 6) is 0.0763. The number of carbonyl (C=O) groups is 1. The number of aryl methyl sites for hydroxylation is 1. The maximum absolute atomic E-state index is 12.3. The van der Waals surface area contributed by atoms with E-state index >= 15 is 0 Å². The van der Waals surface area contributed by atoms with Gasteiger partial charge in [-0.25, -0.2) is 0 Å². The molecule has 144 valence electrons. The van der Waals surface area contributed by atoms with E-state index in [1.165, 1.54) is 5.56 Å². The first kappa shape index (κ1) is 19.5. The molecule has 5 nitrogen and oxygen atoms in total. The quantitative estimate of drug-likeness (QED) is 0.774. The summed E-state index contributed by atoms with van der Waals surface area (Å²) in [4.78, 5) is 19.0. The zero-order valence-electron chi connectivity index (χ0n) is 16.1. The highest BCUT2D eigenvalue weighted by Gasteiger charge is 2.21. The van der Waals surface area contributed by atoms with Crippen LogP contribution in [0.25, 0.3) is 0 Å². The summed E-state index contributed by atoms with van der Waals surface area (Å²) in [5, 5.41) is 3.05. The minimum atomic E-state index is 0.0763. The highest BCUT2D eigenvalue weighted by atomic mass is 16.5. The average Bonchev–Trinajstić information content (AvgIpc) is 2.72. The van der Waals surface area contributed by atoms with Crippen LogP contribution in [-0.2, 0) is 22.6 Å². The average molecular weight is 367 g/mol. The molecule has 3 rings (SSSR count). The second kappa shape index (κ2) is 10.2. The Labute approximate surface area is 161 Å². The van der Waals surface area contributed by atoms with Gasteiger partial charge in [-0.05, 0) is 49.6 Å². The number of aromatic nitrogens is 1. The van der Waals surface area contributed by atoms with Gasteiger partial charge in [0, 0.05) is 31.4 Å². The second-order valence-corrected chi connectivity index (χ2v) is 7.01. The Bertz CT molecular complexity index is 721. The van der Waals surface area contributed by atoms with E-state index in [9.17, 15) is 4.79 Å². The number of carbonyl (C=O) groups excluding carboxylic acids is 1. The third-order valence-electron chi connectivity index (χ3n) is 4.98. The molecular formula is C22H29N3O2. The van der Waals surface area contributed by atoms with E-state index in [1.807, 2.05) is 36.4 Å². The van der Waals surface area contributed by atoms with Crippen LogP contribution in [0.3, 0.4) is 0 Å². The fourth-order valence-corrected chi connectivity index (χ4v) is 3.46. The first-order chi connectivity index (χ1) is 13.2. The summed E-state index contributed by atoms with van der Waals surface area (Å²) < 4.78 is 6.03. The third-order valence-corrected chi connectivity index (χ3v) is 4.98. The molecule has 1 aliphatic rings. The van der Waals surface area contributed by atoms with Crippen molar-refractivity contribution < 1.29 is 9.53 Å². The molecule has 1 aliphatic heterocycles. The molecule has 1 N–H and O–H groups in total. The molecule has 1 aromatic carbocycles. The zero-order chi connectivity index (χ0) is 18.9. The molecule has 1 atom stereocenters. The fraction of sp³-hybridized carbons (Fsp3) is 0.455. The Morgan fingerprint density at radius 1 is 1.26 bits per heavy atom. The number of nitrogens with one attached hydrogen (secondary N) is 1. The summed E-state index contributed by atoms with van der Waals surface area (Å²) in [6.45, 7) is 5.33. The number of para-hydroxylation sites is 1. The van der Waals surface area contributed by atoms with Gasteiger partial charge in [0.2, 0.25) is 5.91 Å². The van der Waals surface area contributed by atoms with Crippen LogP contribution in [-0.4, -0.2) is 41.5 Å². The molecule has 0 spiro atoms. The van der Waals surface area contributed by atoms with Gasteiger partial charge >= 0.3 is 0 Å². The largest absolute Gasteiger partial charge is 0.371 e. The van der Waals surface area contributed by atoms with Crippen molar-refractivity contribution in [3.05, 3.63) is 59.9 Å². The van der Waals surface area contributed by atoms with E-state index in [2.05, 4.69) is 28.2 Å². The number of pyridine rings is 1. The van der Waals surface area contributed by atoms with Crippen molar-refractivity contribution in [2.75, 3.05) is 25.0 Å². The molecule has 2 aromatic rings. The highest BCUT2D eigenvalue weighted by molar-refractivity contribution is 5.91. The van der Waals surface area contributed by atoms with Crippen molar-refractivity contribution in [3.8, 4) is 0 Å². The third kappa shape index (κ3) is 6.15. The van der Waals surface area contributed by atoms with Crippen molar-refractivity contribution in [3.63, 3.8) is 0 Å². The smallest absolute Gasteiger partial charge is 0.225 e. The minimum absolute atomic E-state index is 0.0763. The fourth-order valence-electron chi connectivity index (χ4n) is 3.46. The second-order valence-electron chi connectivity index (χ2n) is 7.01. The molecule has 2 heterocycles. The lowest BCUT2D eigenvalue weighted by molar-refractivity contribution is -0.116. The van der Waals surface area contributed by atoms with Crippen molar-refractivity contribution >= 4 is 11.6 Å². The maximum Gasteiger partial charge on any atom is 0.225 e. The predicted molar refractivity (Wildman–Crippen MR) is 108 cm³/mol. The monoisotopic (exact) mass is 367 g/mol. The number of rotatable bonds is 8. The standard InChI is InChI=1S/C22H29N3O2/c1-2-18-8-3-4-11-21(18)24-22(26)12-15-25-14-7-10-20(16-25)27-17-19-9-5-6-13-23-19/h3-6,8-9,11,13,20H,2,7,10,12,14-17H2,1H3,(H,24,26)/t20-/m1/s1. The summed E-state index contributed by atoms with van der Waals surface area (Å²) in [6, 6.07) is 13.9. The number of likely N-dealkylation sites (tertiary alicyclic amines) is 1. The first-order valence-corrected chi connectivity index (χ1v) is 9.86. The molecule has 0 bridgehead atoms. The van der Waals surface area contributed by atoms with E-state index in [0.29, 0.717) is 13.0 Å². The van der Waals surface area contributed by atoms with Gasteiger partial charge < -0.3 is 15.0 Å². The Morgan fingerprint density at radius 3 is 2.93 bits per heavy atom. The van der Waals surface area contributed by atoms with E-state index in [1.54, 1.807) is 6.20 Å². The lowest BCUT2D eigenvalue weighted by Gasteiger charge is -2.32. The molecule has 1 aromatic heterocycles. The number of benzene rings is 1. The molecule has 0 unspecified atom stereocenters. The predicted octanol–water partition coefficient (Wildman–Crippen LogP) is 3.65. The lowest BCUT2D eigenvalue weighted by atomic mass is 10.1. The molecule has 27 heavy (non-hydrogen) atoms. The molecule has 0 saturated carbocycles. The molecule has 0 radical (unpaired) electrons. The van der Waals surface area contributed by atoms with Crippen molar-refractivity contribution in [1.29, 1.82) is 0 Å². The summed E-state index contributed by atoms with van der Waals surface area (Å²) in [5.41, 5.74) is 3.07. The molecule has 1 fully saturated rings. The van der Waals surface area contributed by atoms with Gasteiger partial charge in [0.25, 0.3) is 0 Å². The van der Waals surface area contributed by atoms with Crippen molar-refractivity contribution in [2.45, 2.75) is 45.3 Å². The summed E-state index contributed by atoms with van der Waals surface area (Å²) in [6.07, 6.45) is 5.60. The Hall–Kier alpha value is -2.24. The van der Waals surface area contributed by atoms with Gasteiger partial charge in [0.1, 0.15) is 0 Å². The Kier molecular flexibility index (Phi) is 7.36.